The van der Waals surface area contributed by atoms with Gasteiger partial charge in [-0.2, -0.15) is 0 Å². The van der Waals surface area contributed by atoms with Gasteiger partial charge in [-0.1, -0.05) is 157 Å². The summed E-state index contributed by atoms with van der Waals surface area (Å²) in [7, 11) is 0. The summed E-state index contributed by atoms with van der Waals surface area (Å²) in [5.41, 5.74) is 0. The molecule has 2 heterocycles. The molecule has 0 bridgehead atoms. The summed E-state index contributed by atoms with van der Waals surface area (Å²) in [5, 5.41) is 86.8. The van der Waals surface area contributed by atoms with Crippen molar-refractivity contribution in [2.45, 2.75) is 235 Å². The molecule has 14 heteroatoms. The molecule has 396 valence electrons. The van der Waals surface area contributed by atoms with Crippen molar-refractivity contribution < 1.29 is 64.6 Å². The number of hydrogen-bond acceptors (Lipinski definition) is 13. The third-order valence-corrected chi connectivity index (χ3v) is 12.3. The van der Waals surface area contributed by atoms with Gasteiger partial charge in [-0.05, 0) is 83.5 Å². The number of hydrogen-bond donors (Lipinski definition) is 9. The first-order valence-corrected chi connectivity index (χ1v) is 26.3. The van der Waals surface area contributed by atoms with Gasteiger partial charge in [-0.15, -0.1) is 0 Å². The van der Waals surface area contributed by atoms with Gasteiger partial charge in [-0.3, -0.25) is 4.79 Å². The van der Waals surface area contributed by atoms with Gasteiger partial charge in [0.15, 0.2) is 12.6 Å². The Kier molecular flexibility index (Phi) is 36.8. The fourth-order valence-corrected chi connectivity index (χ4v) is 8.02. The van der Waals surface area contributed by atoms with Crippen molar-refractivity contribution in [2.24, 2.45) is 0 Å². The molecule has 0 radical (unpaired) electrons. The number of nitrogens with one attached hydrogen (secondary N) is 1. The Hall–Kier alpha value is -2.83. The molecule has 0 aromatic heterocycles. The van der Waals surface area contributed by atoms with Crippen molar-refractivity contribution in [3.05, 3.63) is 85.1 Å². The van der Waals surface area contributed by atoms with Gasteiger partial charge >= 0.3 is 0 Å². The summed E-state index contributed by atoms with van der Waals surface area (Å²) < 4.78 is 22.7. The highest BCUT2D eigenvalue weighted by molar-refractivity contribution is 5.76. The third-order valence-electron chi connectivity index (χ3n) is 12.3. The number of aliphatic hydroxyl groups excluding tert-OH is 8. The number of ether oxygens (including phenoxy) is 4. The van der Waals surface area contributed by atoms with Gasteiger partial charge in [0.1, 0.15) is 48.8 Å². The van der Waals surface area contributed by atoms with E-state index in [-0.39, 0.29) is 18.9 Å². The molecule has 9 N–H and O–H groups in total. The Balaban J connectivity index is 1.87. The minimum absolute atomic E-state index is 0.249. The quantitative estimate of drug-likeness (QED) is 0.0217. The van der Waals surface area contributed by atoms with Gasteiger partial charge in [-0.25, -0.2) is 0 Å². The van der Waals surface area contributed by atoms with Crippen LogP contribution in [0.3, 0.4) is 0 Å². The Morgan fingerprint density at radius 2 is 1.01 bits per heavy atom. The van der Waals surface area contributed by atoms with Gasteiger partial charge in [0.2, 0.25) is 5.91 Å². The summed E-state index contributed by atoms with van der Waals surface area (Å²) in [6.45, 7) is 2.61. The summed E-state index contributed by atoms with van der Waals surface area (Å²) in [6, 6.07) is -0.950. The molecular weight excluding hydrogens is 883 g/mol. The molecule has 0 spiro atoms. The first kappa shape index (κ1) is 62.3. The second-order valence-corrected chi connectivity index (χ2v) is 18.2. The molecule has 2 aliphatic heterocycles. The van der Waals surface area contributed by atoms with Crippen molar-refractivity contribution in [3.63, 3.8) is 0 Å². The minimum atomic E-state index is -1.80. The highest BCUT2D eigenvalue weighted by Crippen LogP contribution is 2.30. The fourth-order valence-electron chi connectivity index (χ4n) is 8.02. The number of carbonyl (C=O) groups is 1. The van der Waals surface area contributed by atoms with E-state index in [0.717, 1.165) is 89.9 Å². The highest BCUT2D eigenvalue weighted by atomic mass is 16.7. The zero-order valence-electron chi connectivity index (χ0n) is 42.0. The number of carbonyl (C=O) groups excluding carboxylic acids is 1. The second kappa shape index (κ2) is 40.7. The van der Waals surface area contributed by atoms with Crippen LogP contribution >= 0.6 is 0 Å². The smallest absolute Gasteiger partial charge is 0.220 e. The van der Waals surface area contributed by atoms with Crippen LogP contribution in [0.1, 0.15) is 162 Å². The molecule has 69 heavy (non-hydrogen) atoms. The molecule has 1 amide bonds. The third kappa shape index (κ3) is 27.5. The molecule has 2 saturated heterocycles. The molecular formula is C55H93NO13. The van der Waals surface area contributed by atoms with Crippen molar-refractivity contribution in [3.8, 4) is 0 Å². The SMILES string of the molecule is CC/C=C\C/C=C\C/C=C\C/C=C\CCCCCCCCC(=O)NC(COC1OC(CO)C(OC2OC(CO)C(O)C(O)C2O)C(O)C1O)C(O)/C=C/CC/C=C/CC/C=C/CCCCCCCC. The summed E-state index contributed by atoms with van der Waals surface area (Å²) >= 11 is 0. The normalized spacial score (nSPS) is 26.9. The van der Waals surface area contributed by atoms with Crippen molar-refractivity contribution in [1.82, 2.24) is 5.32 Å². The van der Waals surface area contributed by atoms with Crippen LogP contribution in [-0.4, -0.2) is 140 Å². The molecule has 12 unspecified atom stereocenters. The monoisotopic (exact) mass is 976 g/mol. The summed E-state index contributed by atoms with van der Waals surface area (Å²) in [5.74, 6) is -0.272. The highest BCUT2D eigenvalue weighted by Gasteiger charge is 2.51. The van der Waals surface area contributed by atoms with Crippen molar-refractivity contribution in [1.29, 1.82) is 0 Å². The molecule has 2 aliphatic rings. The van der Waals surface area contributed by atoms with E-state index in [1.54, 1.807) is 6.08 Å². The first-order chi connectivity index (χ1) is 33.6. The average Bonchev–Trinajstić information content (AvgIpc) is 3.35. The lowest BCUT2D eigenvalue weighted by Crippen LogP contribution is -2.65. The van der Waals surface area contributed by atoms with Gasteiger partial charge in [0, 0.05) is 6.42 Å². The van der Waals surface area contributed by atoms with Crippen molar-refractivity contribution >= 4 is 5.91 Å². The van der Waals surface area contributed by atoms with E-state index in [0.29, 0.717) is 12.8 Å². The van der Waals surface area contributed by atoms with Crippen LogP contribution in [0.25, 0.3) is 0 Å². The van der Waals surface area contributed by atoms with Crippen LogP contribution < -0.4 is 5.32 Å². The molecule has 0 saturated carbocycles. The van der Waals surface area contributed by atoms with E-state index in [1.807, 2.05) is 6.08 Å². The predicted octanol–water partition coefficient (Wildman–Crippen LogP) is 7.38. The molecule has 12 atom stereocenters. The van der Waals surface area contributed by atoms with Crippen LogP contribution in [0.4, 0.5) is 0 Å². The van der Waals surface area contributed by atoms with Crippen molar-refractivity contribution in [2.75, 3.05) is 19.8 Å². The second-order valence-electron chi connectivity index (χ2n) is 18.2. The summed E-state index contributed by atoms with van der Waals surface area (Å²) in [6.07, 6.45) is 36.1. The molecule has 0 aromatic rings. The topological polar surface area (TPSA) is 228 Å². The van der Waals surface area contributed by atoms with E-state index >= 15 is 0 Å². The maximum atomic E-state index is 13.2. The number of unbranched alkanes of at least 4 members (excludes halogenated alkanes) is 14. The zero-order chi connectivity index (χ0) is 50.3. The molecule has 14 nitrogen and oxygen atoms in total. The van der Waals surface area contributed by atoms with E-state index in [4.69, 9.17) is 18.9 Å². The van der Waals surface area contributed by atoms with Crippen LogP contribution in [0.15, 0.2) is 85.1 Å². The minimum Gasteiger partial charge on any atom is -0.394 e. The van der Waals surface area contributed by atoms with Gasteiger partial charge in [0.05, 0.1) is 32.0 Å². The number of amides is 1. The van der Waals surface area contributed by atoms with Crippen LogP contribution in [0, 0.1) is 0 Å². The van der Waals surface area contributed by atoms with Crippen LogP contribution in [0.5, 0.6) is 0 Å². The van der Waals surface area contributed by atoms with Crippen LogP contribution in [-0.2, 0) is 23.7 Å². The number of aliphatic hydroxyl groups is 8. The lowest BCUT2D eigenvalue weighted by Gasteiger charge is -2.46. The molecule has 0 aliphatic carbocycles. The summed E-state index contributed by atoms with van der Waals surface area (Å²) in [4.78, 5) is 13.2. The molecule has 2 fully saturated rings. The Morgan fingerprint density at radius 1 is 0.536 bits per heavy atom. The standard InChI is InChI=1S/C55H93NO13/c1-3-5-7-9-11-13-15-17-19-21-22-23-25-27-29-31-33-35-37-39-47(60)56-43(44(59)38-36-34-32-30-28-26-24-20-18-16-14-12-10-8-6-4-2)42-66-54-52(65)50(63)53(46(41-58)68-54)69-55-51(64)49(62)48(61)45(40-57)67-55/h5,7,11,13,17-20,22-23,28,30,36,38,43-46,48-55,57-59,61-65H,3-4,6,8-10,12,14-16,21,24-27,29,31-35,37,39-42H2,1-2H3,(H,56,60)/b7-5-,13-11-,19-17-,20-18+,23-22-,30-28+,38-36+. The van der Waals surface area contributed by atoms with E-state index in [1.165, 1.54) is 38.5 Å². The van der Waals surface area contributed by atoms with Crippen LogP contribution in [0.2, 0.25) is 0 Å². The Bertz CT molecular complexity index is 1480. The maximum absolute atomic E-state index is 13.2. The van der Waals surface area contributed by atoms with Gasteiger partial charge in [0.25, 0.3) is 0 Å². The predicted molar refractivity (Wildman–Crippen MR) is 272 cm³/mol. The largest absolute Gasteiger partial charge is 0.394 e. The molecule has 2 rings (SSSR count). The number of allylic oxidation sites excluding steroid dienone is 13. The lowest BCUT2D eigenvalue weighted by molar-refractivity contribution is -0.359. The Morgan fingerprint density at radius 3 is 1.59 bits per heavy atom. The van der Waals surface area contributed by atoms with E-state index in [9.17, 15) is 45.6 Å². The zero-order valence-corrected chi connectivity index (χ0v) is 42.0. The average molecular weight is 976 g/mol. The molecule has 0 aromatic carbocycles. The maximum Gasteiger partial charge on any atom is 0.220 e. The first-order valence-electron chi connectivity index (χ1n) is 26.3. The fraction of sp³-hybridized carbons (Fsp3) is 0.727. The van der Waals surface area contributed by atoms with E-state index in [2.05, 4.69) is 92.1 Å². The Labute approximate surface area is 414 Å². The lowest BCUT2D eigenvalue weighted by atomic mass is 9.97. The van der Waals surface area contributed by atoms with Gasteiger partial charge < -0.3 is 65.1 Å². The van der Waals surface area contributed by atoms with E-state index < -0.39 is 86.8 Å². The number of rotatable bonds is 39.